The van der Waals surface area contributed by atoms with Crippen molar-refractivity contribution in [2.24, 2.45) is 0 Å². The second-order valence-electron chi connectivity index (χ2n) is 6.55. The molecule has 0 saturated carbocycles. The molecule has 1 amide bonds. The maximum Gasteiger partial charge on any atom is 0.263 e. The second-order valence-corrected chi connectivity index (χ2v) is 7.40. The van der Waals surface area contributed by atoms with Crippen molar-refractivity contribution in [1.82, 2.24) is 9.55 Å². The molecule has 0 saturated heterocycles. The van der Waals surface area contributed by atoms with Gasteiger partial charge >= 0.3 is 0 Å². The van der Waals surface area contributed by atoms with Gasteiger partial charge in [0.05, 0.1) is 17.4 Å². The van der Waals surface area contributed by atoms with Gasteiger partial charge in [-0.15, -0.1) is 11.3 Å². The Hall–Kier alpha value is -3.39. The van der Waals surface area contributed by atoms with Crippen molar-refractivity contribution in [3.63, 3.8) is 0 Å². The zero-order valence-corrected chi connectivity index (χ0v) is 16.1. The van der Waals surface area contributed by atoms with E-state index >= 15 is 0 Å². The summed E-state index contributed by atoms with van der Waals surface area (Å²) in [5.74, 6) is -1.46. The van der Waals surface area contributed by atoms with Gasteiger partial charge in [0.15, 0.2) is 0 Å². The molecule has 0 aliphatic heterocycles. The summed E-state index contributed by atoms with van der Waals surface area (Å²) in [6, 6.07) is 10.3. The van der Waals surface area contributed by atoms with E-state index < -0.39 is 17.3 Å². The zero-order chi connectivity index (χ0) is 20.5. The highest BCUT2D eigenvalue weighted by atomic mass is 32.1. The monoisotopic (exact) mass is 411 g/mol. The van der Waals surface area contributed by atoms with Crippen LogP contribution in [0.5, 0.6) is 0 Å². The van der Waals surface area contributed by atoms with Gasteiger partial charge in [0.1, 0.15) is 23.0 Å². The predicted molar refractivity (Wildman–Crippen MR) is 109 cm³/mol. The molecule has 0 unspecified atom stereocenters. The fraction of sp³-hybridized carbons (Fsp3) is 0.0952. The van der Waals surface area contributed by atoms with Crippen molar-refractivity contribution >= 4 is 33.1 Å². The lowest BCUT2D eigenvalue weighted by Crippen LogP contribution is -2.28. The standard InChI is InChI=1S/C21H15F2N3O2S/c1-12-2-7-17(16(23)8-12)25-18(27)9-26-11-24-20-19(21(26)28)15(10-29-20)13-3-5-14(22)6-4-13/h2-8,10-11H,9H2,1H3,(H,25,27). The van der Waals surface area contributed by atoms with Gasteiger partial charge < -0.3 is 5.32 Å². The van der Waals surface area contributed by atoms with Crippen molar-refractivity contribution in [3.8, 4) is 11.1 Å². The van der Waals surface area contributed by atoms with Crippen molar-refractivity contribution in [1.29, 1.82) is 0 Å². The molecule has 2 heterocycles. The number of benzene rings is 2. The van der Waals surface area contributed by atoms with E-state index in [1.807, 2.05) is 0 Å². The summed E-state index contributed by atoms with van der Waals surface area (Å²) in [5, 5.41) is 4.60. The number of halogens is 2. The Kier molecular flexibility index (Phi) is 4.94. The van der Waals surface area contributed by atoms with E-state index in [9.17, 15) is 18.4 Å². The fourth-order valence-corrected chi connectivity index (χ4v) is 3.89. The van der Waals surface area contributed by atoms with Crippen LogP contribution in [-0.4, -0.2) is 15.5 Å². The van der Waals surface area contributed by atoms with Gasteiger partial charge in [-0.05, 0) is 42.3 Å². The average molecular weight is 411 g/mol. The summed E-state index contributed by atoms with van der Waals surface area (Å²) in [5.41, 5.74) is 1.69. The van der Waals surface area contributed by atoms with Crippen molar-refractivity contribution in [2.75, 3.05) is 5.32 Å². The van der Waals surface area contributed by atoms with Crippen LogP contribution in [0.15, 0.2) is 59.0 Å². The summed E-state index contributed by atoms with van der Waals surface area (Å²) in [7, 11) is 0. The first-order valence-electron chi connectivity index (χ1n) is 8.71. The van der Waals surface area contributed by atoms with Gasteiger partial charge in [0.25, 0.3) is 5.56 Å². The number of fused-ring (bicyclic) bond motifs is 1. The Morgan fingerprint density at radius 1 is 1.17 bits per heavy atom. The number of nitrogens with zero attached hydrogens (tertiary/aromatic N) is 2. The van der Waals surface area contributed by atoms with Crippen LogP contribution in [0.25, 0.3) is 21.3 Å². The molecule has 8 heteroatoms. The third-order valence-corrected chi connectivity index (χ3v) is 5.31. The normalized spacial score (nSPS) is 11.0. The molecule has 0 aliphatic rings. The maximum absolute atomic E-state index is 13.9. The number of aryl methyl sites for hydroxylation is 1. The highest BCUT2D eigenvalue weighted by Crippen LogP contribution is 2.30. The van der Waals surface area contributed by atoms with Crippen LogP contribution in [0.4, 0.5) is 14.5 Å². The number of anilines is 1. The number of hydrogen-bond acceptors (Lipinski definition) is 4. The lowest BCUT2D eigenvalue weighted by atomic mass is 10.1. The summed E-state index contributed by atoms with van der Waals surface area (Å²) in [6.07, 6.45) is 1.29. The van der Waals surface area contributed by atoms with Crippen molar-refractivity contribution in [3.05, 3.63) is 81.7 Å². The molecule has 0 bridgehead atoms. The van der Waals surface area contributed by atoms with Gasteiger partial charge in [0, 0.05) is 10.9 Å². The minimum atomic E-state index is -0.547. The van der Waals surface area contributed by atoms with Crippen molar-refractivity contribution < 1.29 is 13.6 Å². The Balaban J connectivity index is 1.65. The number of amides is 1. The van der Waals surface area contributed by atoms with E-state index in [4.69, 9.17) is 0 Å². The number of aromatic nitrogens is 2. The lowest BCUT2D eigenvalue weighted by molar-refractivity contribution is -0.116. The van der Waals surface area contributed by atoms with Gasteiger partial charge in [-0.3, -0.25) is 14.2 Å². The van der Waals surface area contributed by atoms with Crippen LogP contribution in [0.2, 0.25) is 0 Å². The molecule has 4 rings (SSSR count). The van der Waals surface area contributed by atoms with Crippen LogP contribution < -0.4 is 10.9 Å². The fourth-order valence-electron chi connectivity index (χ4n) is 2.99. The number of thiophene rings is 1. The van der Waals surface area contributed by atoms with Crippen LogP contribution in [-0.2, 0) is 11.3 Å². The van der Waals surface area contributed by atoms with Crippen LogP contribution in [0.1, 0.15) is 5.56 Å². The van der Waals surface area contributed by atoms with E-state index in [0.717, 1.165) is 5.56 Å². The molecule has 0 fully saturated rings. The third-order valence-electron chi connectivity index (χ3n) is 4.43. The molecule has 2 aromatic heterocycles. The first-order chi connectivity index (χ1) is 13.9. The van der Waals surface area contributed by atoms with Gasteiger partial charge in [-0.2, -0.15) is 0 Å². The maximum atomic E-state index is 13.9. The Morgan fingerprint density at radius 3 is 2.66 bits per heavy atom. The van der Waals surface area contributed by atoms with E-state index in [2.05, 4.69) is 10.3 Å². The molecule has 5 nitrogen and oxygen atoms in total. The smallest absolute Gasteiger partial charge is 0.263 e. The van der Waals surface area contributed by atoms with Gasteiger partial charge in [0.2, 0.25) is 5.91 Å². The van der Waals surface area contributed by atoms with Crippen LogP contribution in [0.3, 0.4) is 0 Å². The Morgan fingerprint density at radius 2 is 1.93 bits per heavy atom. The highest BCUT2D eigenvalue weighted by Gasteiger charge is 2.15. The molecular weight excluding hydrogens is 396 g/mol. The van der Waals surface area contributed by atoms with Gasteiger partial charge in [-0.1, -0.05) is 18.2 Å². The first-order valence-corrected chi connectivity index (χ1v) is 9.59. The summed E-state index contributed by atoms with van der Waals surface area (Å²) in [4.78, 5) is 30.1. The molecular formula is C21H15F2N3O2S. The predicted octanol–water partition coefficient (Wildman–Crippen LogP) is 4.35. The van der Waals surface area contributed by atoms with Crippen LogP contribution >= 0.6 is 11.3 Å². The quantitative estimate of drug-likeness (QED) is 0.543. The highest BCUT2D eigenvalue weighted by molar-refractivity contribution is 7.17. The number of carbonyl (C=O) groups excluding carboxylic acids is 1. The van der Waals surface area contributed by atoms with E-state index in [1.165, 1.54) is 46.5 Å². The first kappa shape index (κ1) is 18.9. The lowest BCUT2D eigenvalue weighted by Gasteiger charge is -2.09. The zero-order valence-electron chi connectivity index (χ0n) is 15.3. The molecule has 4 aromatic rings. The minimum absolute atomic E-state index is 0.0465. The molecule has 1 N–H and O–H groups in total. The average Bonchev–Trinajstić information content (AvgIpc) is 3.12. The number of carbonyl (C=O) groups is 1. The van der Waals surface area contributed by atoms with E-state index in [1.54, 1.807) is 30.5 Å². The van der Waals surface area contributed by atoms with Crippen molar-refractivity contribution in [2.45, 2.75) is 13.5 Å². The van der Waals surface area contributed by atoms with E-state index in [0.29, 0.717) is 21.3 Å². The molecule has 0 atom stereocenters. The Labute approximate surface area is 168 Å². The SMILES string of the molecule is Cc1ccc(NC(=O)Cn2cnc3scc(-c4ccc(F)cc4)c3c2=O)c(F)c1. The van der Waals surface area contributed by atoms with E-state index in [-0.39, 0.29) is 18.0 Å². The number of rotatable bonds is 4. The number of nitrogens with one attached hydrogen (secondary N) is 1. The second kappa shape index (κ2) is 7.56. The molecule has 0 spiro atoms. The number of hydrogen-bond donors (Lipinski definition) is 1. The minimum Gasteiger partial charge on any atom is -0.322 e. The third kappa shape index (κ3) is 3.79. The molecule has 0 radical (unpaired) electrons. The Bertz CT molecular complexity index is 1280. The molecule has 146 valence electrons. The summed E-state index contributed by atoms with van der Waals surface area (Å²) < 4.78 is 28.3. The van der Waals surface area contributed by atoms with Gasteiger partial charge in [-0.25, -0.2) is 13.8 Å². The largest absolute Gasteiger partial charge is 0.322 e. The summed E-state index contributed by atoms with van der Waals surface area (Å²) >= 11 is 1.29. The molecule has 2 aromatic carbocycles. The topological polar surface area (TPSA) is 64.0 Å². The molecule has 0 aliphatic carbocycles. The summed E-state index contributed by atoms with van der Waals surface area (Å²) in [6.45, 7) is 1.43. The molecule has 29 heavy (non-hydrogen) atoms. The van der Waals surface area contributed by atoms with Crippen LogP contribution in [0, 0.1) is 18.6 Å².